The van der Waals surface area contributed by atoms with Crippen LogP contribution in [0.15, 0.2) is 139 Å². The van der Waals surface area contributed by atoms with Crippen LogP contribution in [0.1, 0.15) is 27.8 Å². The minimum Gasteiger partial charge on any atom is -0.505 e. The highest BCUT2D eigenvalue weighted by Crippen LogP contribution is 2.39. The van der Waals surface area contributed by atoms with Gasteiger partial charge in [-0.2, -0.15) is 28.9 Å². The Morgan fingerprint density at radius 3 is 1.52 bits per heavy atom. The number of para-hydroxylation sites is 1. The number of aromatic hydroxyl groups is 1. The van der Waals surface area contributed by atoms with Gasteiger partial charge in [0.05, 0.1) is 29.4 Å². The van der Waals surface area contributed by atoms with E-state index in [9.17, 15) is 23.2 Å². The second kappa shape index (κ2) is 17.7. The Hall–Kier alpha value is -6.53. The number of anilines is 2. The maximum absolute atomic E-state index is 11.9. The van der Waals surface area contributed by atoms with Crippen molar-refractivity contribution < 1.29 is 35.8 Å². The van der Waals surface area contributed by atoms with E-state index in [4.69, 9.17) is 12.6 Å². The van der Waals surface area contributed by atoms with Gasteiger partial charge in [-0.15, -0.1) is 22.9 Å². The number of hydrogen-bond donors (Lipinski definition) is 4. The molecule has 17 heteroatoms. The number of fused-ring (bicyclic) bond motifs is 1. The molecule has 0 amide bonds. The van der Waals surface area contributed by atoms with Crippen molar-refractivity contribution in [3.8, 4) is 5.75 Å². The molecule has 0 saturated heterocycles. The summed E-state index contributed by atoms with van der Waals surface area (Å²) in [5.41, 5.74) is 7.96. The zero-order chi connectivity index (χ0) is 40.6. The van der Waals surface area contributed by atoms with Gasteiger partial charge in [0.25, 0.3) is 10.1 Å². The van der Waals surface area contributed by atoms with Crippen molar-refractivity contribution >= 4 is 77.0 Å². The summed E-state index contributed by atoms with van der Waals surface area (Å²) in [6.45, 7) is 7.06. The standard InChI is InChI=1S/C39H35N7O5S.O3S/c1-23-18-36(25(3)16-34(23)43-41-32-14-10-27(22-47)20-38(32)52(49,50)51)45-46-37-19-24(2)35(17-26(37)4)44-42-33-15-11-28-21-30(12-13-31(28)39(33)48)40-29-8-6-5-7-9-29;1-4(2)3/h5-21,40,47-48H,22H2,1-4H3,(H,49,50,51);. The van der Waals surface area contributed by atoms with Crippen molar-refractivity contribution in [2.45, 2.75) is 39.2 Å². The SMILES string of the molecule is Cc1cc(N=Nc2ccc(CO)cc2S(=O)(=O)O)c(C)cc1N=Nc1cc(C)c(N=Nc2ccc3cc(Nc4ccccc4)ccc3c2O)cc1C.O=S(=O)=O. The van der Waals surface area contributed by atoms with Gasteiger partial charge in [-0.3, -0.25) is 4.55 Å². The molecule has 15 nitrogen and oxygen atoms in total. The number of benzene rings is 6. The zero-order valence-corrected chi connectivity index (χ0v) is 32.0. The summed E-state index contributed by atoms with van der Waals surface area (Å²) in [7, 11) is -7.70. The number of aryl methyl sites for hydroxylation is 4. The van der Waals surface area contributed by atoms with Crippen molar-refractivity contribution in [3.63, 3.8) is 0 Å². The van der Waals surface area contributed by atoms with Crippen LogP contribution in [0.5, 0.6) is 5.75 Å². The predicted molar refractivity (Wildman–Crippen MR) is 212 cm³/mol. The number of aliphatic hydroxyl groups excluding tert-OH is 1. The van der Waals surface area contributed by atoms with Crippen LogP contribution in [0, 0.1) is 27.7 Å². The number of nitrogens with zero attached hydrogens (tertiary/aromatic N) is 6. The summed E-state index contributed by atoms with van der Waals surface area (Å²) in [5.74, 6) is 0.0463. The molecular formula is C39H35N7O8S2. The summed E-state index contributed by atoms with van der Waals surface area (Å²) in [4.78, 5) is -0.445. The molecular weight excluding hydrogens is 759 g/mol. The highest BCUT2D eigenvalue weighted by Gasteiger charge is 2.17. The summed E-state index contributed by atoms with van der Waals surface area (Å²) in [6, 6.07) is 30.5. The highest BCUT2D eigenvalue weighted by molar-refractivity contribution is 7.86. The van der Waals surface area contributed by atoms with Crippen molar-refractivity contribution in [3.05, 3.63) is 131 Å². The quantitative estimate of drug-likeness (QED) is 0.0762. The molecule has 0 spiro atoms. The van der Waals surface area contributed by atoms with Gasteiger partial charge in [0.2, 0.25) is 0 Å². The number of aliphatic hydroxyl groups is 1. The number of rotatable bonds is 10. The number of hydrogen-bond acceptors (Lipinski definition) is 14. The average Bonchev–Trinajstić information content (AvgIpc) is 3.15. The lowest BCUT2D eigenvalue weighted by atomic mass is 10.1. The highest BCUT2D eigenvalue weighted by atomic mass is 32.2. The van der Waals surface area contributed by atoms with Crippen LogP contribution in [-0.4, -0.2) is 35.8 Å². The minimum absolute atomic E-state index is 0.0463. The number of phenols is 1. The molecule has 0 radical (unpaired) electrons. The normalized spacial score (nSPS) is 11.7. The Morgan fingerprint density at radius 2 is 1.04 bits per heavy atom. The molecule has 56 heavy (non-hydrogen) atoms. The topological polar surface area (TPSA) is 232 Å². The van der Waals surface area contributed by atoms with Gasteiger partial charge in [-0.05, 0) is 134 Å². The predicted octanol–water partition coefficient (Wildman–Crippen LogP) is 10.5. The fourth-order valence-electron chi connectivity index (χ4n) is 5.42. The average molecular weight is 794 g/mol. The van der Waals surface area contributed by atoms with Crippen LogP contribution < -0.4 is 5.32 Å². The molecule has 0 heterocycles. The van der Waals surface area contributed by atoms with Crippen molar-refractivity contribution in [1.29, 1.82) is 0 Å². The lowest BCUT2D eigenvalue weighted by Gasteiger charge is -2.09. The first kappa shape index (κ1) is 40.7. The summed E-state index contributed by atoms with van der Waals surface area (Å²) in [5, 5.41) is 51.3. The third-order valence-electron chi connectivity index (χ3n) is 8.34. The molecule has 0 bridgehead atoms. The summed E-state index contributed by atoms with van der Waals surface area (Å²) in [6.07, 6.45) is 0. The van der Waals surface area contributed by atoms with Crippen molar-refractivity contribution in [2.75, 3.05) is 5.32 Å². The van der Waals surface area contributed by atoms with Crippen LogP contribution in [-0.2, 0) is 27.3 Å². The Kier molecular flexibility index (Phi) is 12.9. The molecule has 4 N–H and O–H groups in total. The molecule has 0 aromatic heterocycles. The van der Waals surface area contributed by atoms with Crippen LogP contribution in [0.2, 0.25) is 0 Å². The van der Waals surface area contributed by atoms with E-state index in [2.05, 4.69) is 36.0 Å². The minimum atomic E-state index is -4.59. The van der Waals surface area contributed by atoms with Gasteiger partial charge in [-0.25, -0.2) is 0 Å². The Bertz CT molecular complexity index is 2750. The monoisotopic (exact) mass is 793 g/mol. The second-order valence-electron chi connectivity index (χ2n) is 12.4. The van der Waals surface area contributed by atoms with Gasteiger partial charge in [0.15, 0.2) is 5.75 Å². The van der Waals surface area contributed by atoms with Crippen LogP contribution in [0.25, 0.3) is 10.8 Å². The molecule has 0 fully saturated rings. The number of nitrogens with one attached hydrogen (secondary N) is 1. The molecule has 6 aromatic rings. The van der Waals surface area contributed by atoms with Crippen LogP contribution >= 0.6 is 0 Å². The van der Waals surface area contributed by atoms with Crippen LogP contribution in [0.4, 0.5) is 45.5 Å². The van der Waals surface area contributed by atoms with E-state index < -0.39 is 32.2 Å². The Labute approximate surface area is 323 Å². The largest absolute Gasteiger partial charge is 0.505 e. The first-order valence-corrected chi connectivity index (χ1v) is 19.1. The van der Waals surface area contributed by atoms with E-state index in [0.29, 0.717) is 45.0 Å². The second-order valence-corrected chi connectivity index (χ2v) is 14.2. The van der Waals surface area contributed by atoms with E-state index in [1.165, 1.54) is 12.1 Å². The third-order valence-corrected chi connectivity index (χ3v) is 9.23. The number of azo groups is 3. The van der Waals surface area contributed by atoms with Crippen molar-refractivity contribution in [2.24, 2.45) is 30.7 Å². The first-order chi connectivity index (χ1) is 26.6. The van der Waals surface area contributed by atoms with E-state index >= 15 is 0 Å². The van der Waals surface area contributed by atoms with Gasteiger partial charge < -0.3 is 15.5 Å². The molecule has 286 valence electrons. The van der Waals surface area contributed by atoms with Gasteiger partial charge in [0, 0.05) is 16.8 Å². The summed E-state index contributed by atoms with van der Waals surface area (Å²) >= 11 is 0. The fourth-order valence-corrected chi connectivity index (χ4v) is 6.09. The van der Waals surface area contributed by atoms with E-state index in [-0.39, 0.29) is 11.4 Å². The van der Waals surface area contributed by atoms with Gasteiger partial charge in [0.1, 0.15) is 16.3 Å². The van der Waals surface area contributed by atoms with E-state index in [0.717, 1.165) is 39.5 Å². The molecule has 0 aliphatic heterocycles. The Balaban J connectivity index is 0.00000143. The molecule has 6 aromatic carbocycles. The Morgan fingerprint density at radius 1 is 0.571 bits per heavy atom. The molecule has 0 aliphatic carbocycles. The van der Waals surface area contributed by atoms with Gasteiger partial charge in [-0.1, -0.05) is 30.3 Å². The molecule has 0 aliphatic rings. The van der Waals surface area contributed by atoms with E-state index in [1.807, 2.05) is 94.4 Å². The lowest BCUT2D eigenvalue weighted by Crippen LogP contribution is -1.99. The first-order valence-electron chi connectivity index (χ1n) is 16.7. The maximum Gasteiger partial charge on any atom is 0.425 e. The summed E-state index contributed by atoms with van der Waals surface area (Å²) < 4.78 is 58.7. The molecule has 0 saturated carbocycles. The van der Waals surface area contributed by atoms with Crippen molar-refractivity contribution in [1.82, 2.24) is 0 Å². The van der Waals surface area contributed by atoms with Crippen LogP contribution in [0.3, 0.4) is 0 Å². The smallest absolute Gasteiger partial charge is 0.425 e. The third kappa shape index (κ3) is 10.4. The maximum atomic E-state index is 11.9. The molecule has 0 unspecified atom stereocenters. The lowest BCUT2D eigenvalue weighted by molar-refractivity contribution is 0.281. The molecule has 0 atom stereocenters. The fraction of sp³-hybridized carbons (Fsp3) is 0.128. The number of phenolic OH excluding ortho intramolecular Hbond substituents is 1. The zero-order valence-electron chi connectivity index (χ0n) is 30.4. The van der Waals surface area contributed by atoms with Gasteiger partial charge >= 0.3 is 10.6 Å². The van der Waals surface area contributed by atoms with E-state index in [1.54, 1.807) is 18.2 Å². The molecule has 6 rings (SSSR count).